The van der Waals surface area contributed by atoms with Gasteiger partial charge < -0.3 is 58.0 Å². The summed E-state index contributed by atoms with van der Waals surface area (Å²) in [6.45, 7) is 21.2. The standard InChI is InChI=1S/C56H66O21/c1-12-50(77-55(67)32(6)7)76-51(39-17-16-33(8)44(25-39)75-49(62)21-19-47(59)60)42-23-37(24-45(35(42)10)70-26-40(28-71-53(65)30(2)3)73-48(61)20-18-46(57)58)22-38-14-13-15-43(34(38)9)69-27-41(29-72-54(66)31(4)5)74-56(68)36(11)52(63)64/h13-17,23-25,36,40-41,50-51H,2,4,6,12,18-22,26-29H2,1,3,5,7-11H3,(H,57,58)(H,59,60)(H,63,64). The van der Waals surface area contributed by atoms with Gasteiger partial charge in [-0.3, -0.25) is 28.8 Å². The lowest BCUT2D eigenvalue weighted by molar-refractivity contribution is -0.183. The van der Waals surface area contributed by atoms with E-state index >= 15 is 0 Å². The third-order valence-electron chi connectivity index (χ3n) is 11.2. The summed E-state index contributed by atoms with van der Waals surface area (Å²) in [6.07, 6.45) is -6.53. The number of benzene rings is 3. The Morgan fingerprint density at radius 1 is 0.597 bits per heavy atom. The zero-order chi connectivity index (χ0) is 57.7. The van der Waals surface area contributed by atoms with E-state index in [0.717, 1.165) is 6.92 Å². The van der Waals surface area contributed by atoms with E-state index < -0.39 is 130 Å². The summed E-state index contributed by atoms with van der Waals surface area (Å²) in [5, 5.41) is 27.8. The molecular weight excluding hydrogens is 1010 g/mol. The molecular formula is C56H66O21. The van der Waals surface area contributed by atoms with Gasteiger partial charge in [0.05, 0.1) is 25.7 Å². The molecule has 0 spiro atoms. The minimum Gasteiger partial charge on any atom is -0.489 e. The molecule has 0 amide bonds. The molecule has 5 atom stereocenters. The number of hydrogen-bond acceptors (Lipinski definition) is 18. The molecule has 0 aromatic heterocycles. The normalized spacial score (nSPS) is 12.7. The van der Waals surface area contributed by atoms with Crippen LogP contribution in [0.25, 0.3) is 0 Å². The number of carbonyl (C=O) groups excluding carboxylic acids is 6. The number of carboxylic acids is 3. The van der Waals surface area contributed by atoms with Crippen molar-refractivity contribution < 1.29 is 101 Å². The highest BCUT2D eigenvalue weighted by atomic mass is 16.7. The molecule has 0 aliphatic carbocycles. The molecule has 0 fully saturated rings. The molecule has 416 valence electrons. The Balaban J connectivity index is 2.28. The molecule has 0 radical (unpaired) electrons. The summed E-state index contributed by atoms with van der Waals surface area (Å²) >= 11 is 0. The molecule has 0 heterocycles. The number of esters is 6. The van der Waals surface area contributed by atoms with Crippen LogP contribution in [0.3, 0.4) is 0 Å². The van der Waals surface area contributed by atoms with Crippen LogP contribution in [0.1, 0.15) is 112 Å². The van der Waals surface area contributed by atoms with Crippen molar-refractivity contribution in [3.05, 3.63) is 124 Å². The van der Waals surface area contributed by atoms with Gasteiger partial charge in [-0.2, -0.15) is 0 Å². The number of rotatable bonds is 32. The molecule has 0 saturated heterocycles. The van der Waals surface area contributed by atoms with Gasteiger partial charge in [-0.25, -0.2) is 14.4 Å². The first kappa shape index (κ1) is 63.0. The Bertz CT molecular complexity index is 2720. The SMILES string of the molecule is C=C(C)C(=O)OCC(COc1cc(Cc2cccc(OCC(COC(=O)C(=C)C)OC(=O)C(C)C(=O)O)c2C)cc(C(OC(CC)OC(=O)C(=C)C)c2ccc(C)c(OC(=O)CCC(=O)O)c2)c1C)OC(=O)CCC(=O)O. The maximum Gasteiger partial charge on any atom is 0.335 e. The maximum absolute atomic E-state index is 12.9. The van der Waals surface area contributed by atoms with Crippen molar-refractivity contribution >= 4 is 53.7 Å². The molecule has 3 aromatic rings. The van der Waals surface area contributed by atoms with Gasteiger partial charge in [-0.15, -0.1) is 0 Å². The number of carbonyl (C=O) groups is 9. The molecule has 0 aliphatic heterocycles. The summed E-state index contributed by atoms with van der Waals surface area (Å²) in [5.41, 5.74) is 3.74. The van der Waals surface area contributed by atoms with Crippen LogP contribution in [-0.4, -0.2) is 114 Å². The highest BCUT2D eigenvalue weighted by Crippen LogP contribution is 2.39. The molecule has 0 aliphatic rings. The lowest BCUT2D eigenvalue weighted by Gasteiger charge is -2.28. The molecule has 3 N–H and O–H groups in total. The first-order valence-corrected chi connectivity index (χ1v) is 24.2. The smallest absolute Gasteiger partial charge is 0.335 e. The fraction of sp³-hybridized carbons (Fsp3) is 0.411. The van der Waals surface area contributed by atoms with Crippen LogP contribution >= 0.6 is 0 Å². The van der Waals surface area contributed by atoms with Gasteiger partial charge in [0, 0.05) is 23.1 Å². The quantitative estimate of drug-likeness (QED) is 0.0137. The summed E-state index contributed by atoms with van der Waals surface area (Å²) in [6, 6.07) is 13.5. The Kier molecular flexibility index (Phi) is 24.8. The van der Waals surface area contributed by atoms with Crippen LogP contribution in [-0.2, 0) is 78.0 Å². The molecule has 21 nitrogen and oxygen atoms in total. The average Bonchev–Trinajstić information content (AvgIpc) is 3.37. The van der Waals surface area contributed by atoms with Gasteiger partial charge in [-0.1, -0.05) is 57.0 Å². The number of carboxylic acid groups (broad SMARTS) is 3. The zero-order valence-electron chi connectivity index (χ0n) is 44.4. The van der Waals surface area contributed by atoms with E-state index in [1.54, 1.807) is 70.2 Å². The topological polar surface area (TPSA) is 297 Å². The molecule has 77 heavy (non-hydrogen) atoms. The predicted molar refractivity (Wildman–Crippen MR) is 273 cm³/mol. The third-order valence-corrected chi connectivity index (χ3v) is 11.2. The van der Waals surface area contributed by atoms with Gasteiger partial charge in [0.1, 0.15) is 49.8 Å². The van der Waals surface area contributed by atoms with E-state index in [-0.39, 0.29) is 47.7 Å². The largest absolute Gasteiger partial charge is 0.489 e. The van der Waals surface area contributed by atoms with Gasteiger partial charge in [0.2, 0.25) is 6.29 Å². The van der Waals surface area contributed by atoms with Crippen molar-refractivity contribution in [2.45, 2.75) is 119 Å². The van der Waals surface area contributed by atoms with Gasteiger partial charge in [0.15, 0.2) is 18.1 Å². The highest BCUT2D eigenvalue weighted by molar-refractivity contribution is 5.93. The molecule has 21 heteroatoms. The average molecular weight is 1080 g/mol. The summed E-state index contributed by atoms with van der Waals surface area (Å²) in [4.78, 5) is 110. The van der Waals surface area contributed by atoms with E-state index in [4.69, 9.17) is 42.6 Å². The molecule has 3 rings (SSSR count). The van der Waals surface area contributed by atoms with Gasteiger partial charge in [0.25, 0.3) is 0 Å². The number of ether oxygens (including phenoxy) is 9. The van der Waals surface area contributed by atoms with E-state index in [1.807, 2.05) is 0 Å². The fourth-order valence-electron chi connectivity index (χ4n) is 6.71. The van der Waals surface area contributed by atoms with E-state index in [0.29, 0.717) is 44.7 Å². The minimum atomic E-state index is -1.54. The molecule has 0 bridgehead atoms. The van der Waals surface area contributed by atoms with Crippen molar-refractivity contribution in [3.63, 3.8) is 0 Å². The molecule has 0 saturated carbocycles. The summed E-state index contributed by atoms with van der Waals surface area (Å²) < 4.78 is 52.0. The maximum atomic E-state index is 12.9. The van der Waals surface area contributed by atoms with E-state index in [1.165, 1.54) is 26.8 Å². The molecule has 5 unspecified atom stereocenters. The second kappa shape index (κ2) is 30.3. The summed E-state index contributed by atoms with van der Waals surface area (Å²) in [5.74, 6) is -9.99. The Labute approximate surface area is 445 Å². The lowest BCUT2D eigenvalue weighted by Crippen LogP contribution is -2.34. The van der Waals surface area contributed by atoms with Crippen LogP contribution in [0.5, 0.6) is 17.2 Å². The first-order valence-electron chi connectivity index (χ1n) is 24.2. The van der Waals surface area contributed by atoms with Crippen molar-refractivity contribution in [2.24, 2.45) is 5.92 Å². The minimum absolute atomic E-state index is 0.0530. The van der Waals surface area contributed by atoms with E-state index in [9.17, 15) is 58.5 Å². The number of aryl methyl sites for hydroxylation is 1. The van der Waals surface area contributed by atoms with Crippen molar-refractivity contribution in [1.82, 2.24) is 0 Å². The van der Waals surface area contributed by atoms with Crippen LogP contribution < -0.4 is 14.2 Å². The second-order valence-electron chi connectivity index (χ2n) is 18.0. The second-order valence-corrected chi connectivity index (χ2v) is 18.0. The van der Waals surface area contributed by atoms with Crippen LogP contribution in [0, 0.1) is 26.7 Å². The zero-order valence-corrected chi connectivity index (χ0v) is 44.4. The highest BCUT2D eigenvalue weighted by Gasteiger charge is 2.30. The third kappa shape index (κ3) is 20.7. The van der Waals surface area contributed by atoms with E-state index in [2.05, 4.69) is 19.7 Å². The van der Waals surface area contributed by atoms with Crippen LogP contribution in [0.15, 0.2) is 85.0 Å². The number of hydrogen-bond donors (Lipinski definition) is 3. The van der Waals surface area contributed by atoms with Gasteiger partial charge in [-0.05, 0) is 112 Å². The first-order chi connectivity index (χ1) is 36.2. The van der Waals surface area contributed by atoms with Crippen LogP contribution in [0.2, 0.25) is 0 Å². The Hall–Kier alpha value is -8.33. The van der Waals surface area contributed by atoms with Crippen molar-refractivity contribution in [3.8, 4) is 17.2 Å². The Morgan fingerprint density at radius 2 is 1.16 bits per heavy atom. The summed E-state index contributed by atoms with van der Waals surface area (Å²) in [7, 11) is 0. The fourth-order valence-corrected chi connectivity index (χ4v) is 6.71. The predicted octanol–water partition coefficient (Wildman–Crippen LogP) is 7.34. The lowest BCUT2D eigenvalue weighted by atomic mass is 9.91. The monoisotopic (exact) mass is 1070 g/mol. The van der Waals surface area contributed by atoms with Gasteiger partial charge >= 0.3 is 53.7 Å². The van der Waals surface area contributed by atoms with Crippen molar-refractivity contribution in [1.29, 1.82) is 0 Å². The van der Waals surface area contributed by atoms with Crippen molar-refractivity contribution in [2.75, 3.05) is 26.4 Å². The molecule has 3 aromatic carbocycles. The van der Waals surface area contributed by atoms with Crippen LogP contribution in [0.4, 0.5) is 0 Å². The number of aliphatic carboxylic acids is 3. The Morgan fingerprint density at radius 3 is 1.70 bits per heavy atom.